The number of nitrogens with two attached hydrogens (primary N) is 1. The molecule has 0 aliphatic heterocycles. The number of hydrogen-bond donors (Lipinski definition) is 2. The highest BCUT2D eigenvalue weighted by Crippen LogP contribution is 2.32. The molecule has 0 unspecified atom stereocenters. The summed E-state index contributed by atoms with van der Waals surface area (Å²) < 4.78 is 5.14. The van der Waals surface area contributed by atoms with Crippen molar-refractivity contribution in [2.45, 2.75) is 0 Å². The van der Waals surface area contributed by atoms with E-state index in [4.69, 9.17) is 33.7 Å². The molecular formula is C14H12Cl2N2O2. The van der Waals surface area contributed by atoms with E-state index < -0.39 is 5.91 Å². The summed E-state index contributed by atoms with van der Waals surface area (Å²) in [7, 11) is 1.47. The van der Waals surface area contributed by atoms with Crippen molar-refractivity contribution in [3.63, 3.8) is 0 Å². The minimum atomic E-state index is -0.435. The van der Waals surface area contributed by atoms with Crippen LogP contribution in [0.5, 0.6) is 5.75 Å². The first-order chi connectivity index (χ1) is 9.54. The second-order valence-corrected chi connectivity index (χ2v) is 4.79. The maximum Gasteiger partial charge on any atom is 0.261 e. The van der Waals surface area contributed by atoms with E-state index in [-0.39, 0.29) is 5.56 Å². The number of nitrogen functional groups attached to an aromatic ring is 1. The van der Waals surface area contributed by atoms with E-state index in [9.17, 15) is 4.79 Å². The lowest BCUT2D eigenvalue weighted by molar-refractivity contribution is 0.102. The van der Waals surface area contributed by atoms with E-state index in [0.717, 1.165) is 0 Å². The fourth-order valence-corrected chi connectivity index (χ4v) is 2.25. The van der Waals surface area contributed by atoms with Gasteiger partial charge in [-0.1, -0.05) is 35.3 Å². The summed E-state index contributed by atoms with van der Waals surface area (Å²) >= 11 is 12.0. The highest BCUT2D eigenvalue weighted by Gasteiger charge is 2.18. The molecule has 6 heteroatoms. The second-order valence-electron chi connectivity index (χ2n) is 3.98. The Kier molecular flexibility index (Phi) is 4.37. The van der Waals surface area contributed by atoms with Crippen molar-refractivity contribution in [3.8, 4) is 5.75 Å². The third kappa shape index (κ3) is 2.81. The van der Waals surface area contributed by atoms with Crippen LogP contribution < -0.4 is 15.8 Å². The molecular weight excluding hydrogens is 299 g/mol. The van der Waals surface area contributed by atoms with Gasteiger partial charge in [-0.15, -0.1) is 0 Å². The molecule has 0 aromatic heterocycles. The topological polar surface area (TPSA) is 64.3 Å². The molecule has 0 heterocycles. The molecule has 2 rings (SSSR count). The molecule has 3 N–H and O–H groups in total. The van der Waals surface area contributed by atoms with Crippen LogP contribution in [-0.2, 0) is 0 Å². The fraction of sp³-hybridized carbons (Fsp3) is 0.0714. The van der Waals surface area contributed by atoms with E-state index >= 15 is 0 Å². The van der Waals surface area contributed by atoms with Crippen molar-refractivity contribution in [2.24, 2.45) is 0 Å². The van der Waals surface area contributed by atoms with Crippen LogP contribution in [0.4, 0.5) is 11.4 Å². The van der Waals surface area contributed by atoms with Gasteiger partial charge in [0, 0.05) is 5.69 Å². The summed E-state index contributed by atoms with van der Waals surface area (Å²) in [6.45, 7) is 0. The summed E-state index contributed by atoms with van der Waals surface area (Å²) in [6.07, 6.45) is 0. The Balaban J connectivity index is 2.39. The lowest BCUT2D eigenvalue weighted by Crippen LogP contribution is -2.16. The first-order valence-electron chi connectivity index (χ1n) is 5.72. The van der Waals surface area contributed by atoms with E-state index in [1.54, 1.807) is 36.4 Å². The molecule has 0 aliphatic carbocycles. The first-order valence-corrected chi connectivity index (χ1v) is 6.48. The summed E-state index contributed by atoms with van der Waals surface area (Å²) in [5.41, 5.74) is 6.71. The minimum Gasteiger partial charge on any atom is -0.496 e. The zero-order chi connectivity index (χ0) is 14.7. The Morgan fingerprint density at radius 3 is 2.35 bits per heavy atom. The predicted molar refractivity (Wildman–Crippen MR) is 81.8 cm³/mol. The molecule has 2 aromatic rings. The van der Waals surface area contributed by atoms with Crippen LogP contribution >= 0.6 is 23.2 Å². The average Bonchev–Trinajstić information content (AvgIpc) is 2.42. The quantitative estimate of drug-likeness (QED) is 0.847. The largest absolute Gasteiger partial charge is 0.496 e. The smallest absolute Gasteiger partial charge is 0.261 e. The van der Waals surface area contributed by atoms with Crippen LogP contribution in [0.25, 0.3) is 0 Å². The first kappa shape index (κ1) is 14.5. The zero-order valence-corrected chi connectivity index (χ0v) is 12.1. The van der Waals surface area contributed by atoms with Gasteiger partial charge in [0.1, 0.15) is 11.3 Å². The zero-order valence-electron chi connectivity index (χ0n) is 10.6. The molecule has 0 saturated carbocycles. The molecule has 0 atom stereocenters. The average molecular weight is 311 g/mol. The number of hydrogen-bond acceptors (Lipinski definition) is 3. The number of carbonyl (C=O) groups excluding carboxylic acids is 1. The Morgan fingerprint density at radius 2 is 1.75 bits per heavy atom. The molecule has 0 radical (unpaired) electrons. The van der Waals surface area contributed by atoms with E-state index in [1.807, 2.05) is 0 Å². The maximum atomic E-state index is 12.3. The predicted octanol–water partition coefficient (Wildman–Crippen LogP) is 3.84. The highest BCUT2D eigenvalue weighted by molar-refractivity contribution is 6.40. The van der Waals surface area contributed by atoms with Gasteiger partial charge in [-0.25, -0.2) is 0 Å². The van der Waals surface area contributed by atoms with E-state index in [2.05, 4.69) is 5.32 Å². The van der Waals surface area contributed by atoms with Crippen molar-refractivity contribution in [1.82, 2.24) is 0 Å². The number of benzene rings is 2. The highest BCUT2D eigenvalue weighted by atomic mass is 35.5. The van der Waals surface area contributed by atoms with Crippen molar-refractivity contribution in [2.75, 3.05) is 18.2 Å². The van der Waals surface area contributed by atoms with Gasteiger partial charge in [0.05, 0.1) is 22.8 Å². The molecule has 0 bridgehead atoms. The number of carbonyl (C=O) groups is 1. The summed E-state index contributed by atoms with van der Waals surface area (Å²) in [5, 5.41) is 3.34. The van der Waals surface area contributed by atoms with Gasteiger partial charge >= 0.3 is 0 Å². The normalized spacial score (nSPS) is 10.2. The van der Waals surface area contributed by atoms with Gasteiger partial charge in [0.15, 0.2) is 0 Å². The number of para-hydroxylation sites is 1. The summed E-state index contributed by atoms with van der Waals surface area (Å²) in [5.74, 6) is -0.0550. The van der Waals surface area contributed by atoms with Gasteiger partial charge in [0.25, 0.3) is 5.91 Å². The van der Waals surface area contributed by atoms with Gasteiger partial charge in [-0.2, -0.15) is 0 Å². The molecule has 0 aliphatic rings. The molecule has 104 valence electrons. The lowest BCUT2D eigenvalue weighted by Gasteiger charge is -2.13. The number of amides is 1. The lowest BCUT2D eigenvalue weighted by atomic mass is 10.1. The Hall–Kier alpha value is -1.91. The van der Waals surface area contributed by atoms with Crippen LogP contribution in [0, 0.1) is 0 Å². The molecule has 20 heavy (non-hydrogen) atoms. The van der Waals surface area contributed by atoms with Gasteiger partial charge in [-0.3, -0.25) is 4.79 Å². The standard InChI is InChI=1S/C14H12Cl2N2O2/c1-20-11-7-3-6-10(17)12(11)14(19)18-13-8(15)4-2-5-9(13)16/h2-7H,17H2,1H3,(H,18,19). The number of ether oxygens (including phenoxy) is 1. The number of nitrogens with one attached hydrogen (secondary N) is 1. The number of rotatable bonds is 3. The summed E-state index contributed by atoms with van der Waals surface area (Å²) in [4.78, 5) is 12.3. The van der Waals surface area contributed by atoms with Crippen LogP contribution in [0.15, 0.2) is 36.4 Å². The van der Waals surface area contributed by atoms with Gasteiger partial charge in [-0.05, 0) is 24.3 Å². The Bertz CT molecular complexity index is 639. The Morgan fingerprint density at radius 1 is 1.15 bits per heavy atom. The van der Waals surface area contributed by atoms with Crippen LogP contribution in [0.2, 0.25) is 10.0 Å². The summed E-state index contributed by atoms with van der Waals surface area (Å²) in [6, 6.07) is 9.93. The third-order valence-corrected chi connectivity index (χ3v) is 3.34. The van der Waals surface area contributed by atoms with Gasteiger partial charge in [0.2, 0.25) is 0 Å². The molecule has 0 fully saturated rings. The number of halogens is 2. The molecule has 4 nitrogen and oxygen atoms in total. The molecule has 1 amide bonds. The van der Waals surface area contributed by atoms with Crippen LogP contribution in [0.1, 0.15) is 10.4 Å². The van der Waals surface area contributed by atoms with Crippen molar-refractivity contribution >= 4 is 40.5 Å². The Labute approximate surface area is 126 Å². The van der Waals surface area contributed by atoms with Crippen LogP contribution in [0.3, 0.4) is 0 Å². The van der Waals surface area contributed by atoms with Gasteiger partial charge < -0.3 is 15.8 Å². The van der Waals surface area contributed by atoms with E-state index in [1.165, 1.54) is 7.11 Å². The SMILES string of the molecule is COc1cccc(N)c1C(=O)Nc1c(Cl)cccc1Cl. The molecule has 2 aromatic carbocycles. The van der Waals surface area contributed by atoms with Crippen molar-refractivity contribution in [3.05, 3.63) is 52.0 Å². The number of methoxy groups -OCH3 is 1. The molecule has 0 saturated heterocycles. The fourth-order valence-electron chi connectivity index (χ4n) is 1.75. The maximum absolute atomic E-state index is 12.3. The van der Waals surface area contributed by atoms with Crippen molar-refractivity contribution in [1.29, 1.82) is 0 Å². The van der Waals surface area contributed by atoms with E-state index in [0.29, 0.717) is 27.2 Å². The monoisotopic (exact) mass is 310 g/mol. The second kappa shape index (κ2) is 6.03. The third-order valence-electron chi connectivity index (χ3n) is 2.71. The van der Waals surface area contributed by atoms with Crippen molar-refractivity contribution < 1.29 is 9.53 Å². The van der Waals surface area contributed by atoms with Crippen LogP contribution in [-0.4, -0.2) is 13.0 Å². The molecule has 0 spiro atoms. The minimum absolute atomic E-state index is 0.242. The number of anilines is 2.